The molecule has 0 radical (unpaired) electrons. The van der Waals surface area contributed by atoms with Crippen LogP contribution in [-0.2, 0) is 4.79 Å². The number of nitrogens with zero attached hydrogens (tertiary/aromatic N) is 3. The van der Waals surface area contributed by atoms with Crippen molar-refractivity contribution in [3.05, 3.63) is 47.5 Å². The van der Waals surface area contributed by atoms with Gasteiger partial charge in [-0.3, -0.25) is 14.4 Å². The first kappa shape index (κ1) is 25.5. The maximum absolute atomic E-state index is 14.4. The van der Waals surface area contributed by atoms with E-state index in [9.17, 15) is 23.9 Å². The molecule has 36 heavy (non-hydrogen) atoms. The lowest BCUT2D eigenvalue weighted by molar-refractivity contribution is -0.124. The normalized spacial score (nSPS) is 17.7. The highest BCUT2D eigenvalue weighted by Gasteiger charge is 2.51. The molecule has 2 amide bonds. The number of Topliss-reactive ketones (excluding diaryl/α,β-unsaturated/α-hetero) is 1. The van der Waals surface area contributed by atoms with E-state index in [1.54, 1.807) is 12.1 Å². The standard InChI is InChI=1S/C25H30FN5O5/c1-15(32)21(33)20-18(26)4-3-5-19(20)31-10-6-16(7-11-31)12-27-23(35)25(8-9-25)30-22(34)17-13-28-24(36-2)29-14-17/h3-5,13-16,32H,6-12H2,1-2H3,(H,27,35)(H,30,34). The zero-order chi connectivity index (χ0) is 25.9. The molecule has 1 atom stereocenters. The Bertz CT molecular complexity index is 1130. The highest BCUT2D eigenvalue weighted by atomic mass is 19.1. The van der Waals surface area contributed by atoms with Gasteiger partial charge in [-0.25, -0.2) is 14.4 Å². The van der Waals surface area contributed by atoms with Crippen LogP contribution in [0, 0.1) is 11.7 Å². The first-order valence-corrected chi connectivity index (χ1v) is 12.0. The van der Waals surface area contributed by atoms with Crippen LogP contribution >= 0.6 is 0 Å². The number of methoxy groups -OCH3 is 1. The van der Waals surface area contributed by atoms with Gasteiger partial charge in [0.15, 0.2) is 5.78 Å². The number of halogens is 1. The number of anilines is 1. The summed E-state index contributed by atoms with van der Waals surface area (Å²) >= 11 is 0. The summed E-state index contributed by atoms with van der Waals surface area (Å²) in [6.07, 6.45) is 3.99. The van der Waals surface area contributed by atoms with E-state index in [0.717, 1.165) is 12.8 Å². The Labute approximate surface area is 208 Å². The minimum absolute atomic E-state index is 0.0899. The van der Waals surface area contributed by atoms with Crippen LogP contribution in [0.5, 0.6) is 6.01 Å². The third-order valence-corrected chi connectivity index (χ3v) is 6.73. The summed E-state index contributed by atoms with van der Waals surface area (Å²) in [4.78, 5) is 47.5. The Balaban J connectivity index is 1.29. The summed E-state index contributed by atoms with van der Waals surface area (Å²) in [6, 6.07) is 4.61. The number of aliphatic hydroxyl groups excluding tert-OH is 1. The van der Waals surface area contributed by atoms with Crippen LogP contribution in [0.2, 0.25) is 0 Å². The van der Waals surface area contributed by atoms with Crippen LogP contribution < -0.4 is 20.3 Å². The lowest BCUT2D eigenvalue weighted by atomic mass is 9.94. The maximum Gasteiger partial charge on any atom is 0.316 e. The molecule has 1 saturated heterocycles. The zero-order valence-electron chi connectivity index (χ0n) is 20.3. The van der Waals surface area contributed by atoms with Gasteiger partial charge in [-0.05, 0) is 50.7 Å². The van der Waals surface area contributed by atoms with Gasteiger partial charge in [0, 0.05) is 32.0 Å². The van der Waals surface area contributed by atoms with E-state index in [-0.39, 0.29) is 29.0 Å². The number of ketones is 1. The summed E-state index contributed by atoms with van der Waals surface area (Å²) in [5, 5.41) is 15.5. The Morgan fingerprint density at radius 3 is 2.47 bits per heavy atom. The number of aliphatic hydroxyl groups is 1. The number of hydrogen-bond acceptors (Lipinski definition) is 8. The van der Waals surface area contributed by atoms with Gasteiger partial charge in [0.25, 0.3) is 5.91 Å². The van der Waals surface area contributed by atoms with Crippen molar-refractivity contribution in [3.8, 4) is 6.01 Å². The molecule has 1 aliphatic carbocycles. The number of carbonyl (C=O) groups excluding carboxylic acids is 3. The number of ether oxygens (including phenoxy) is 1. The monoisotopic (exact) mass is 499 g/mol. The molecule has 1 unspecified atom stereocenters. The van der Waals surface area contributed by atoms with Gasteiger partial charge < -0.3 is 25.4 Å². The van der Waals surface area contributed by atoms with E-state index in [2.05, 4.69) is 20.6 Å². The molecule has 2 heterocycles. The van der Waals surface area contributed by atoms with Crippen LogP contribution in [-0.4, -0.2) is 71.1 Å². The number of aromatic nitrogens is 2. The second-order valence-electron chi connectivity index (χ2n) is 9.31. The van der Waals surface area contributed by atoms with Crippen LogP contribution in [0.4, 0.5) is 10.1 Å². The van der Waals surface area contributed by atoms with Crippen molar-refractivity contribution in [1.82, 2.24) is 20.6 Å². The average molecular weight is 500 g/mol. The fourth-order valence-electron chi connectivity index (χ4n) is 4.38. The molecule has 0 bridgehead atoms. The predicted octanol–water partition coefficient (Wildman–Crippen LogP) is 1.48. The van der Waals surface area contributed by atoms with Crippen molar-refractivity contribution in [2.75, 3.05) is 31.6 Å². The quantitative estimate of drug-likeness (QED) is 0.442. The van der Waals surface area contributed by atoms with E-state index >= 15 is 0 Å². The summed E-state index contributed by atoms with van der Waals surface area (Å²) in [5.41, 5.74) is -0.290. The molecule has 2 fully saturated rings. The average Bonchev–Trinajstić information content (AvgIpc) is 3.67. The van der Waals surface area contributed by atoms with Crippen molar-refractivity contribution in [2.45, 2.75) is 44.2 Å². The van der Waals surface area contributed by atoms with Crippen LogP contribution in [0.15, 0.2) is 30.6 Å². The topological polar surface area (TPSA) is 134 Å². The number of amides is 2. The van der Waals surface area contributed by atoms with Gasteiger partial charge in [-0.2, -0.15) is 0 Å². The molecule has 10 nitrogen and oxygen atoms in total. The molecule has 1 aromatic heterocycles. The SMILES string of the molecule is COc1ncc(C(=O)NC2(C(=O)NCC3CCN(c4cccc(F)c4C(=O)C(C)O)CC3)CC2)cn1. The molecule has 3 N–H and O–H groups in total. The highest BCUT2D eigenvalue weighted by molar-refractivity contribution is 6.04. The van der Waals surface area contributed by atoms with Gasteiger partial charge in [-0.1, -0.05) is 6.07 Å². The van der Waals surface area contributed by atoms with E-state index in [1.165, 1.54) is 32.5 Å². The fourth-order valence-corrected chi connectivity index (χ4v) is 4.38. The molecular weight excluding hydrogens is 469 g/mol. The van der Waals surface area contributed by atoms with Gasteiger partial charge >= 0.3 is 6.01 Å². The molecule has 192 valence electrons. The van der Waals surface area contributed by atoms with Gasteiger partial charge in [0.2, 0.25) is 5.91 Å². The Morgan fingerprint density at radius 2 is 1.89 bits per heavy atom. The summed E-state index contributed by atoms with van der Waals surface area (Å²) in [5.74, 6) is -1.73. The van der Waals surface area contributed by atoms with Crippen LogP contribution in [0.1, 0.15) is 53.3 Å². The van der Waals surface area contributed by atoms with Crippen molar-refractivity contribution >= 4 is 23.3 Å². The van der Waals surface area contributed by atoms with E-state index < -0.39 is 29.2 Å². The van der Waals surface area contributed by atoms with Crippen molar-refractivity contribution < 1.29 is 28.6 Å². The van der Waals surface area contributed by atoms with Crippen molar-refractivity contribution in [3.63, 3.8) is 0 Å². The Hall–Kier alpha value is -3.60. The Kier molecular flexibility index (Phi) is 7.48. The molecular formula is C25H30FN5O5. The van der Waals surface area contributed by atoms with E-state index in [0.29, 0.717) is 38.2 Å². The third-order valence-electron chi connectivity index (χ3n) is 6.73. The molecule has 1 aliphatic heterocycles. The smallest absolute Gasteiger partial charge is 0.316 e. The number of piperidine rings is 1. The maximum atomic E-state index is 14.4. The van der Waals surface area contributed by atoms with Crippen LogP contribution in [0.3, 0.4) is 0 Å². The lowest BCUT2D eigenvalue weighted by Gasteiger charge is -2.35. The zero-order valence-corrected chi connectivity index (χ0v) is 20.3. The predicted molar refractivity (Wildman–Crippen MR) is 128 cm³/mol. The van der Waals surface area contributed by atoms with Gasteiger partial charge in [-0.15, -0.1) is 0 Å². The molecule has 4 rings (SSSR count). The number of carbonyl (C=O) groups is 3. The number of hydrogen-bond donors (Lipinski definition) is 3. The summed E-state index contributed by atoms with van der Waals surface area (Å²) < 4.78 is 19.3. The largest absolute Gasteiger partial charge is 0.467 e. The summed E-state index contributed by atoms with van der Waals surface area (Å²) in [7, 11) is 1.43. The Morgan fingerprint density at radius 1 is 1.22 bits per heavy atom. The molecule has 2 aromatic rings. The van der Waals surface area contributed by atoms with E-state index in [4.69, 9.17) is 4.74 Å². The third kappa shape index (κ3) is 5.46. The second kappa shape index (κ2) is 10.6. The molecule has 0 spiro atoms. The first-order valence-electron chi connectivity index (χ1n) is 12.0. The molecule has 1 aromatic carbocycles. The lowest BCUT2D eigenvalue weighted by Crippen LogP contribution is -2.50. The molecule has 2 aliphatic rings. The van der Waals surface area contributed by atoms with Gasteiger partial charge in [0.05, 0.1) is 23.9 Å². The number of rotatable bonds is 9. The number of nitrogens with one attached hydrogen (secondary N) is 2. The van der Waals surface area contributed by atoms with Crippen molar-refractivity contribution in [2.24, 2.45) is 5.92 Å². The van der Waals surface area contributed by atoms with Crippen LogP contribution in [0.25, 0.3) is 0 Å². The summed E-state index contributed by atoms with van der Waals surface area (Å²) in [6.45, 7) is 2.96. The second-order valence-corrected chi connectivity index (χ2v) is 9.31. The minimum atomic E-state index is -1.29. The molecule has 1 saturated carbocycles. The highest BCUT2D eigenvalue weighted by Crippen LogP contribution is 2.36. The van der Waals surface area contributed by atoms with E-state index in [1.807, 2.05) is 4.90 Å². The fraction of sp³-hybridized carbons (Fsp3) is 0.480. The van der Waals surface area contributed by atoms with Crippen molar-refractivity contribution in [1.29, 1.82) is 0 Å². The minimum Gasteiger partial charge on any atom is -0.467 e. The molecule has 11 heteroatoms. The number of benzene rings is 1. The van der Waals surface area contributed by atoms with Gasteiger partial charge in [0.1, 0.15) is 17.5 Å². The first-order chi connectivity index (χ1) is 17.2.